The van der Waals surface area contributed by atoms with Crippen LogP contribution in [0.4, 0.5) is 0 Å². The molecule has 1 aromatic heterocycles. The van der Waals surface area contributed by atoms with Gasteiger partial charge in [-0.3, -0.25) is 4.79 Å². The molecule has 3 aromatic rings. The van der Waals surface area contributed by atoms with Gasteiger partial charge in [-0.1, -0.05) is 12.1 Å². The van der Waals surface area contributed by atoms with Crippen LogP contribution < -0.4 is 4.74 Å². The Bertz CT molecular complexity index is 1280. The second-order valence-electron chi connectivity index (χ2n) is 8.73. The summed E-state index contributed by atoms with van der Waals surface area (Å²) in [5.41, 5.74) is 2.63. The number of methoxy groups -OCH3 is 1. The molecule has 0 bridgehead atoms. The lowest BCUT2D eigenvalue weighted by Gasteiger charge is -2.25. The van der Waals surface area contributed by atoms with E-state index in [-0.39, 0.29) is 16.8 Å². The van der Waals surface area contributed by atoms with Crippen LogP contribution in [0.1, 0.15) is 43.6 Å². The van der Waals surface area contributed by atoms with Crippen LogP contribution >= 0.6 is 0 Å². The molecular weight excluding hydrogens is 452 g/mol. The summed E-state index contributed by atoms with van der Waals surface area (Å²) in [4.78, 5) is 20.1. The van der Waals surface area contributed by atoms with Gasteiger partial charge in [0.2, 0.25) is 15.9 Å². The Kier molecular flexibility index (Phi) is 6.95. The minimum Gasteiger partial charge on any atom is -0.497 e. The number of carbonyl (C=O) groups excluding carboxylic acids is 1. The first-order valence-corrected chi connectivity index (χ1v) is 13.1. The van der Waals surface area contributed by atoms with E-state index in [0.29, 0.717) is 24.9 Å². The van der Waals surface area contributed by atoms with Crippen molar-refractivity contribution in [3.8, 4) is 5.75 Å². The van der Waals surface area contributed by atoms with E-state index in [1.165, 1.54) is 18.4 Å². The van der Waals surface area contributed by atoms with Gasteiger partial charge in [-0.25, -0.2) is 17.7 Å². The third-order valence-electron chi connectivity index (χ3n) is 6.53. The number of amides is 1. The zero-order chi connectivity index (χ0) is 24.5. The number of imidazole rings is 1. The molecule has 1 aliphatic heterocycles. The molecule has 0 N–H and O–H groups in total. The van der Waals surface area contributed by atoms with Crippen LogP contribution in [-0.2, 0) is 27.8 Å². The number of aryl methyl sites for hydroxylation is 2. The average Bonchev–Trinajstić information content (AvgIpc) is 3.46. The average molecular weight is 485 g/mol. The van der Waals surface area contributed by atoms with E-state index in [2.05, 4.69) is 4.57 Å². The first-order chi connectivity index (χ1) is 16.3. The van der Waals surface area contributed by atoms with Crippen LogP contribution in [0.15, 0.2) is 47.4 Å². The van der Waals surface area contributed by atoms with Gasteiger partial charge in [0.15, 0.2) is 0 Å². The molecule has 1 saturated heterocycles. The number of nitrogens with zero attached hydrogens (tertiary/aromatic N) is 4. The third-order valence-corrected chi connectivity index (χ3v) is 8.34. The summed E-state index contributed by atoms with van der Waals surface area (Å²) in [5.74, 6) is 1.72. The van der Waals surface area contributed by atoms with Gasteiger partial charge in [0.05, 0.1) is 29.1 Å². The second kappa shape index (κ2) is 9.76. The predicted octanol–water partition coefficient (Wildman–Crippen LogP) is 3.61. The molecule has 1 unspecified atom stereocenters. The van der Waals surface area contributed by atoms with E-state index in [0.717, 1.165) is 42.0 Å². The maximum Gasteiger partial charge on any atom is 0.242 e. The zero-order valence-electron chi connectivity index (χ0n) is 20.2. The lowest BCUT2D eigenvalue weighted by Crippen LogP contribution is -2.30. The normalized spacial score (nSPS) is 16.5. The standard InChI is InChI=1S/C25H32N4O4S/c1-5-28-23-13-12-20(34(31,32)27(2)3)17-21(23)26-24(28)14-15-25(30)29-16-6-7-22(29)18-8-10-19(33-4)11-9-18/h8-13,17,22H,5-7,14-16H2,1-4H3. The highest BCUT2D eigenvalue weighted by Crippen LogP contribution is 2.33. The molecule has 1 aliphatic rings. The van der Waals surface area contributed by atoms with Crippen molar-refractivity contribution in [3.05, 3.63) is 53.9 Å². The van der Waals surface area contributed by atoms with Gasteiger partial charge >= 0.3 is 0 Å². The fraction of sp³-hybridized carbons (Fsp3) is 0.440. The Morgan fingerprint density at radius 2 is 1.91 bits per heavy atom. The number of ether oxygens (including phenoxy) is 1. The topological polar surface area (TPSA) is 84.7 Å². The quantitative estimate of drug-likeness (QED) is 0.488. The third kappa shape index (κ3) is 4.54. The van der Waals surface area contributed by atoms with Gasteiger partial charge in [-0.2, -0.15) is 0 Å². The highest BCUT2D eigenvalue weighted by molar-refractivity contribution is 7.89. The number of aromatic nitrogens is 2. The van der Waals surface area contributed by atoms with E-state index in [4.69, 9.17) is 9.72 Å². The molecule has 1 amide bonds. The molecule has 1 fully saturated rings. The Balaban J connectivity index is 1.52. The number of fused-ring (bicyclic) bond motifs is 1. The van der Waals surface area contributed by atoms with Crippen molar-refractivity contribution in [2.24, 2.45) is 0 Å². The SMILES string of the molecule is CCn1c(CCC(=O)N2CCCC2c2ccc(OC)cc2)nc2cc(S(=O)(=O)N(C)C)ccc21. The van der Waals surface area contributed by atoms with E-state index < -0.39 is 10.0 Å². The molecule has 0 saturated carbocycles. The lowest BCUT2D eigenvalue weighted by molar-refractivity contribution is -0.132. The van der Waals surface area contributed by atoms with Crippen molar-refractivity contribution >= 4 is 27.0 Å². The molecule has 2 aromatic carbocycles. The number of rotatable bonds is 8. The van der Waals surface area contributed by atoms with Gasteiger partial charge in [-0.05, 0) is 55.7 Å². The Labute approximate surface area is 201 Å². The minimum atomic E-state index is -3.54. The molecule has 0 spiro atoms. The maximum atomic E-state index is 13.2. The largest absolute Gasteiger partial charge is 0.497 e. The molecule has 8 nitrogen and oxygen atoms in total. The van der Waals surface area contributed by atoms with Gasteiger partial charge in [0.1, 0.15) is 11.6 Å². The van der Waals surface area contributed by atoms with Crippen molar-refractivity contribution < 1.29 is 17.9 Å². The van der Waals surface area contributed by atoms with Crippen LogP contribution in [0.3, 0.4) is 0 Å². The van der Waals surface area contributed by atoms with Crippen molar-refractivity contribution in [2.45, 2.75) is 50.1 Å². The molecule has 34 heavy (non-hydrogen) atoms. The van der Waals surface area contributed by atoms with Gasteiger partial charge in [0, 0.05) is 40.0 Å². The predicted molar refractivity (Wildman–Crippen MR) is 131 cm³/mol. The van der Waals surface area contributed by atoms with Crippen molar-refractivity contribution in [3.63, 3.8) is 0 Å². The molecule has 0 radical (unpaired) electrons. The highest BCUT2D eigenvalue weighted by atomic mass is 32.2. The van der Waals surface area contributed by atoms with Crippen LogP contribution in [-0.4, -0.2) is 60.8 Å². The first-order valence-electron chi connectivity index (χ1n) is 11.6. The lowest BCUT2D eigenvalue weighted by atomic mass is 10.0. The Morgan fingerprint density at radius 3 is 2.56 bits per heavy atom. The number of carbonyl (C=O) groups is 1. The van der Waals surface area contributed by atoms with Crippen molar-refractivity contribution in [1.29, 1.82) is 0 Å². The zero-order valence-corrected chi connectivity index (χ0v) is 21.0. The molecule has 0 aliphatic carbocycles. The van der Waals surface area contributed by atoms with Crippen LogP contribution in [0, 0.1) is 0 Å². The monoisotopic (exact) mass is 484 g/mol. The minimum absolute atomic E-state index is 0.0854. The maximum absolute atomic E-state index is 13.2. The molecule has 4 rings (SSSR count). The fourth-order valence-corrected chi connectivity index (χ4v) is 5.60. The first kappa shape index (κ1) is 24.2. The number of sulfonamides is 1. The second-order valence-corrected chi connectivity index (χ2v) is 10.9. The Hall–Kier alpha value is -2.91. The van der Waals surface area contributed by atoms with Gasteiger partial charge in [-0.15, -0.1) is 0 Å². The molecule has 1 atom stereocenters. The summed E-state index contributed by atoms with van der Waals surface area (Å²) in [6.45, 7) is 3.47. The summed E-state index contributed by atoms with van der Waals surface area (Å²) in [6, 6.07) is 13.0. The number of hydrogen-bond acceptors (Lipinski definition) is 5. The molecule has 2 heterocycles. The summed E-state index contributed by atoms with van der Waals surface area (Å²) in [6.07, 6.45) is 2.80. The summed E-state index contributed by atoms with van der Waals surface area (Å²) in [7, 11) is 1.13. The summed E-state index contributed by atoms with van der Waals surface area (Å²) < 4.78 is 33.5. The van der Waals surface area contributed by atoms with Crippen LogP contribution in [0.25, 0.3) is 11.0 Å². The number of hydrogen-bond donors (Lipinski definition) is 0. The highest BCUT2D eigenvalue weighted by Gasteiger charge is 2.30. The summed E-state index contributed by atoms with van der Waals surface area (Å²) in [5, 5.41) is 0. The van der Waals surface area contributed by atoms with Crippen LogP contribution in [0.5, 0.6) is 5.75 Å². The van der Waals surface area contributed by atoms with Crippen LogP contribution in [0.2, 0.25) is 0 Å². The molecular formula is C25H32N4O4S. The van der Waals surface area contributed by atoms with E-state index in [9.17, 15) is 13.2 Å². The number of likely N-dealkylation sites (tertiary alicyclic amines) is 1. The smallest absolute Gasteiger partial charge is 0.242 e. The fourth-order valence-electron chi connectivity index (χ4n) is 4.67. The van der Waals surface area contributed by atoms with Gasteiger partial charge in [0.25, 0.3) is 0 Å². The van der Waals surface area contributed by atoms with Crippen molar-refractivity contribution in [1.82, 2.24) is 18.8 Å². The summed E-state index contributed by atoms with van der Waals surface area (Å²) >= 11 is 0. The van der Waals surface area contributed by atoms with Crippen molar-refractivity contribution in [2.75, 3.05) is 27.7 Å². The molecule has 9 heteroatoms. The van der Waals surface area contributed by atoms with E-state index in [1.54, 1.807) is 25.3 Å². The number of benzene rings is 2. The van der Waals surface area contributed by atoms with Gasteiger partial charge < -0.3 is 14.2 Å². The van der Waals surface area contributed by atoms with E-state index in [1.807, 2.05) is 36.1 Å². The Morgan fingerprint density at radius 1 is 1.18 bits per heavy atom. The molecule has 182 valence electrons. The van der Waals surface area contributed by atoms with E-state index >= 15 is 0 Å².